The fourth-order valence-electron chi connectivity index (χ4n) is 1.59. The third-order valence-electron chi connectivity index (χ3n) is 2.61. The summed E-state index contributed by atoms with van der Waals surface area (Å²) in [5.74, 6) is -1.16. The number of benzene rings is 2. The van der Waals surface area contributed by atoms with Crippen LogP contribution in [0.15, 0.2) is 46.9 Å². The van der Waals surface area contributed by atoms with Crippen molar-refractivity contribution in [1.29, 1.82) is 0 Å². The summed E-state index contributed by atoms with van der Waals surface area (Å²) in [6, 6.07) is 11.4. The van der Waals surface area contributed by atoms with E-state index in [0.29, 0.717) is 10.7 Å². The molecule has 2 aromatic rings. The van der Waals surface area contributed by atoms with Gasteiger partial charge in [0.2, 0.25) is 0 Å². The molecule has 114 valence electrons. The van der Waals surface area contributed by atoms with Gasteiger partial charge in [-0.3, -0.25) is 4.79 Å². The van der Waals surface area contributed by atoms with Crippen molar-refractivity contribution in [2.45, 2.75) is 0 Å². The second kappa shape index (κ2) is 7.63. The maximum Gasteiger partial charge on any atom is 0.340 e. The van der Waals surface area contributed by atoms with E-state index in [2.05, 4.69) is 21.2 Å². The van der Waals surface area contributed by atoms with Crippen LogP contribution in [0, 0.1) is 0 Å². The van der Waals surface area contributed by atoms with Gasteiger partial charge in [0.05, 0.1) is 10.6 Å². The largest absolute Gasteiger partial charge is 0.452 e. The Kier molecular flexibility index (Phi) is 5.83. The molecule has 1 N–H and O–H groups in total. The predicted octanol–water partition coefficient (Wildman–Crippen LogP) is 4.55. The van der Waals surface area contributed by atoms with Gasteiger partial charge < -0.3 is 10.1 Å². The van der Waals surface area contributed by atoms with Crippen LogP contribution in [-0.2, 0) is 9.53 Å². The van der Waals surface area contributed by atoms with Gasteiger partial charge in [-0.1, -0.05) is 39.1 Å². The highest BCUT2D eigenvalue weighted by molar-refractivity contribution is 9.10. The number of anilines is 1. The molecule has 0 saturated carbocycles. The molecule has 22 heavy (non-hydrogen) atoms. The maximum atomic E-state index is 11.9. The number of rotatable bonds is 4. The number of esters is 1. The molecule has 0 saturated heterocycles. The fourth-order valence-corrected chi connectivity index (χ4v) is 2.22. The minimum Gasteiger partial charge on any atom is -0.452 e. The van der Waals surface area contributed by atoms with Gasteiger partial charge in [-0.15, -0.1) is 0 Å². The van der Waals surface area contributed by atoms with Crippen molar-refractivity contribution in [1.82, 2.24) is 0 Å². The van der Waals surface area contributed by atoms with Crippen LogP contribution in [0.1, 0.15) is 10.4 Å². The molecule has 0 bridgehead atoms. The summed E-state index contributed by atoms with van der Waals surface area (Å²) in [5.41, 5.74) is 0.718. The number of hydrogen-bond acceptors (Lipinski definition) is 3. The van der Waals surface area contributed by atoms with Crippen LogP contribution < -0.4 is 5.32 Å². The van der Waals surface area contributed by atoms with E-state index < -0.39 is 18.5 Å². The van der Waals surface area contributed by atoms with Gasteiger partial charge in [-0.25, -0.2) is 4.79 Å². The summed E-state index contributed by atoms with van der Waals surface area (Å²) < 4.78 is 5.81. The van der Waals surface area contributed by atoms with E-state index in [1.165, 1.54) is 12.1 Å². The van der Waals surface area contributed by atoms with Crippen molar-refractivity contribution in [2.75, 3.05) is 11.9 Å². The first-order valence-corrected chi connectivity index (χ1v) is 7.68. The molecular weight excluding hydrogens is 393 g/mol. The second-order valence-electron chi connectivity index (χ2n) is 4.26. The van der Waals surface area contributed by atoms with Crippen molar-refractivity contribution < 1.29 is 14.3 Å². The molecule has 0 heterocycles. The van der Waals surface area contributed by atoms with Crippen molar-refractivity contribution in [3.8, 4) is 0 Å². The summed E-state index contributed by atoms with van der Waals surface area (Å²) in [6.45, 7) is -0.419. The number of carbonyl (C=O) groups excluding carboxylic acids is 2. The first kappa shape index (κ1) is 16.8. The molecule has 0 aromatic heterocycles. The highest BCUT2D eigenvalue weighted by atomic mass is 79.9. The quantitative estimate of drug-likeness (QED) is 0.763. The molecule has 2 rings (SSSR count). The van der Waals surface area contributed by atoms with Crippen LogP contribution in [0.5, 0.6) is 0 Å². The smallest absolute Gasteiger partial charge is 0.340 e. The number of amides is 1. The van der Waals surface area contributed by atoms with Crippen molar-refractivity contribution in [2.24, 2.45) is 0 Å². The van der Waals surface area contributed by atoms with E-state index in [0.717, 1.165) is 4.47 Å². The van der Waals surface area contributed by atoms with Crippen LogP contribution in [0.25, 0.3) is 0 Å². The van der Waals surface area contributed by atoms with Crippen LogP contribution in [-0.4, -0.2) is 18.5 Å². The highest BCUT2D eigenvalue weighted by Gasteiger charge is 2.14. The number of nitrogens with one attached hydrogen (secondary N) is 1. The van der Waals surface area contributed by atoms with Gasteiger partial charge in [0.1, 0.15) is 0 Å². The summed E-state index contributed by atoms with van der Waals surface area (Å²) in [7, 11) is 0. The van der Waals surface area contributed by atoms with Crippen LogP contribution in [0.4, 0.5) is 5.69 Å². The third kappa shape index (κ3) is 4.73. The minimum atomic E-state index is -0.710. The van der Waals surface area contributed by atoms with E-state index in [1.54, 1.807) is 30.3 Å². The van der Waals surface area contributed by atoms with E-state index in [9.17, 15) is 9.59 Å². The molecule has 0 aliphatic carbocycles. The fraction of sp³-hybridized carbons (Fsp3) is 0.0667. The third-order valence-corrected chi connectivity index (χ3v) is 3.70. The Morgan fingerprint density at radius 1 is 1.09 bits per heavy atom. The van der Waals surface area contributed by atoms with Gasteiger partial charge in [-0.2, -0.15) is 0 Å². The van der Waals surface area contributed by atoms with Crippen molar-refractivity contribution >= 4 is 56.7 Å². The predicted molar refractivity (Wildman–Crippen MR) is 89.5 cm³/mol. The monoisotopic (exact) mass is 401 g/mol. The first-order valence-electron chi connectivity index (χ1n) is 6.13. The van der Waals surface area contributed by atoms with Crippen LogP contribution in [0.3, 0.4) is 0 Å². The standard InChI is InChI=1S/C15H10BrCl2NO3/c16-9-1-4-11(5-2-9)19-14(20)8-22-15(21)12-7-10(17)3-6-13(12)18/h1-7H,8H2,(H,19,20). The Hall–Kier alpha value is -1.56. The number of ether oxygens (including phenoxy) is 1. The molecular formula is C15H10BrCl2NO3. The average molecular weight is 403 g/mol. The Labute approximate surface area is 145 Å². The average Bonchev–Trinajstić information content (AvgIpc) is 2.49. The lowest BCUT2D eigenvalue weighted by atomic mass is 10.2. The van der Waals surface area contributed by atoms with E-state index in [-0.39, 0.29) is 10.6 Å². The summed E-state index contributed by atoms with van der Waals surface area (Å²) in [6.07, 6.45) is 0. The van der Waals surface area contributed by atoms with Gasteiger partial charge in [-0.05, 0) is 42.5 Å². The van der Waals surface area contributed by atoms with Gasteiger partial charge >= 0.3 is 5.97 Å². The van der Waals surface area contributed by atoms with Gasteiger partial charge in [0, 0.05) is 15.2 Å². The lowest BCUT2D eigenvalue weighted by Gasteiger charge is -2.08. The normalized spacial score (nSPS) is 10.1. The molecule has 0 atom stereocenters. The minimum absolute atomic E-state index is 0.116. The second-order valence-corrected chi connectivity index (χ2v) is 6.01. The van der Waals surface area contributed by atoms with Gasteiger partial charge in [0.25, 0.3) is 5.91 Å². The number of hydrogen-bond donors (Lipinski definition) is 1. The molecule has 0 fully saturated rings. The summed E-state index contributed by atoms with van der Waals surface area (Å²) in [5, 5.41) is 3.17. The highest BCUT2D eigenvalue weighted by Crippen LogP contribution is 2.21. The lowest BCUT2D eigenvalue weighted by Crippen LogP contribution is -2.21. The van der Waals surface area contributed by atoms with Crippen LogP contribution in [0.2, 0.25) is 10.0 Å². The zero-order valence-electron chi connectivity index (χ0n) is 11.1. The summed E-state index contributed by atoms with van der Waals surface area (Å²) >= 11 is 15.0. The molecule has 0 unspecified atom stereocenters. The Morgan fingerprint density at radius 3 is 2.45 bits per heavy atom. The molecule has 0 aliphatic rings. The molecule has 7 heteroatoms. The summed E-state index contributed by atoms with van der Waals surface area (Å²) in [4.78, 5) is 23.6. The van der Waals surface area contributed by atoms with Crippen molar-refractivity contribution in [3.05, 3.63) is 62.5 Å². The first-order chi connectivity index (χ1) is 10.5. The Bertz CT molecular complexity index is 704. The van der Waals surface area contributed by atoms with E-state index >= 15 is 0 Å². The molecule has 0 aliphatic heterocycles. The van der Waals surface area contributed by atoms with Gasteiger partial charge in [0.15, 0.2) is 6.61 Å². The number of carbonyl (C=O) groups is 2. The Balaban J connectivity index is 1.91. The maximum absolute atomic E-state index is 11.9. The van der Waals surface area contributed by atoms with Crippen LogP contribution >= 0.6 is 39.1 Å². The lowest BCUT2D eigenvalue weighted by molar-refractivity contribution is -0.119. The zero-order valence-corrected chi connectivity index (χ0v) is 14.2. The molecule has 4 nitrogen and oxygen atoms in total. The molecule has 1 amide bonds. The van der Waals surface area contributed by atoms with E-state index in [1.807, 2.05) is 0 Å². The molecule has 0 radical (unpaired) electrons. The zero-order chi connectivity index (χ0) is 16.1. The van der Waals surface area contributed by atoms with E-state index in [4.69, 9.17) is 27.9 Å². The SMILES string of the molecule is O=C(COC(=O)c1cc(Cl)ccc1Cl)Nc1ccc(Br)cc1. The molecule has 2 aromatic carbocycles. The Morgan fingerprint density at radius 2 is 1.77 bits per heavy atom. The molecule has 0 spiro atoms. The van der Waals surface area contributed by atoms with Crippen molar-refractivity contribution in [3.63, 3.8) is 0 Å². The topological polar surface area (TPSA) is 55.4 Å². The number of halogens is 3.